The van der Waals surface area contributed by atoms with Crippen molar-refractivity contribution in [3.05, 3.63) is 28.6 Å². The van der Waals surface area contributed by atoms with Crippen LogP contribution in [0.4, 0.5) is 5.95 Å². The van der Waals surface area contributed by atoms with Gasteiger partial charge in [0.05, 0.1) is 10.6 Å². The van der Waals surface area contributed by atoms with E-state index in [9.17, 15) is 0 Å². The molecule has 2 aromatic heterocycles. The first-order chi connectivity index (χ1) is 9.70. The van der Waals surface area contributed by atoms with Gasteiger partial charge in [0, 0.05) is 18.9 Å². The second-order valence-electron chi connectivity index (χ2n) is 4.61. The number of anilines is 1. The Hall–Kier alpha value is -1.54. The molecule has 20 heavy (non-hydrogen) atoms. The molecule has 106 valence electrons. The Morgan fingerprint density at radius 2 is 2.15 bits per heavy atom. The van der Waals surface area contributed by atoms with Crippen LogP contribution < -0.4 is 5.32 Å². The topological polar surface area (TPSA) is 86.0 Å². The van der Waals surface area contributed by atoms with E-state index in [4.69, 9.17) is 9.26 Å². The molecule has 0 unspecified atom stereocenters. The quantitative estimate of drug-likeness (QED) is 0.914. The minimum absolute atomic E-state index is 0.0967. The molecule has 7 nitrogen and oxygen atoms in total. The Balaban J connectivity index is 1.51. The van der Waals surface area contributed by atoms with Gasteiger partial charge in [-0.1, -0.05) is 5.16 Å². The van der Waals surface area contributed by atoms with E-state index in [0.29, 0.717) is 24.2 Å². The fraction of sp³-hybridized carbons (Fsp3) is 0.500. The molecule has 8 heteroatoms. The summed E-state index contributed by atoms with van der Waals surface area (Å²) in [5.74, 6) is 1.78. The Morgan fingerprint density at radius 1 is 1.35 bits per heavy atom. The second-order valence-corrected chi connectivity index (χ2v) is 5.53. The molecule has 0 saturated carbocycles. The van der Waals surface area contributed by atoms with Crippen molar-refractivity contribution in [3.8, 4) is 0 Å². The Morgan fingerprint density at radius 3 is 2.85 bits per heavy atom. The lowest BCUT2D eigenvalue weighted by Crippen LogP contribution is -2.20. The van der Waals surface area contributed by atoms with Crippen LogP contribution in [0, 0.1) is 6.92 Å². The summed E-state index contributed by atoms with van der Waals surface area (Å²) in [5.41, 5.74) is 0. The predicted octanol–water partition coefficient (Wildman–Crippen LogP) is 2.26. The summed E-state index contributed by atoms with van der Waals surface area (Å²) in [7, 11) is 0. The summed E-state index contributed by atoms with van der Waals surface area (Å²) in [6.07, 6.45) is 5.22. The van der Waals surface area contributed by atoms with Crippen molar-refractivity contribution in [3.63, 3.8) is 0 Å². The van der Waals surface area contributed by atoms with Gasteiger partial charge in [-0.15, -0.1) is 0 Å². The van der Waals surface area contributed by atoms with Crippen molar-refractivity contribution >= 4 is 21.9 Å². The first-order valence-electron chi connectivity index (χ1n) is 6.38. The maximum Gasteiger partial charge on any atom is 0.255 e. The molecule has 0 bridgehead atoms. The molecular weight excluding hydrogens is 326 g/mol. The SMILES string of the molecule is Cc1noc([C@@H]2CC[C@H](CNc3ncc(Br)cn3)O2)n1. The molecule has 1 saturated heterocycles. The number of ether oxygens (including phenoxy) is 1. The molecule has 1 aliphatic heterocycles. The number of halogens is 1. The molecule has 1 fully saturated rings. The van der Waals surface area contributed by atoms with Gasteiger partial charge in [-0.2, -0.15) is 4.98 Å². The average molecular weight is 340 g/mol. The van der Waals surface area contributed by atoms with Crippen LogP contribution in [0.25, 0.3) is 0 Å². The van der Waals surface area contributed by atoms with Gasteiger partial charge in [-0.25, -0.2) is 9.97 Å². The molecule has 0 aromatic carbocycles. The largest absolute Gasteiger partial charge is 0.363 e. The van der Waals surface area contributed by atoms with Gasteiger partial charge in [-0.3, -0.25) is 0 Å². The summed E-state index contributed by atoms with van der Waals surface area (Å²) >= 11 is 3.30. The van der Waals surface area contributed by atoms with Gasteiger partial charge in [0.2, 0.25) is 5.95 Å². The van der Waals surface area contributed by atoms with Gasteiger partial charge >= 0.3 is 0 Å². The van der Waals surface area contributed by atoms with E-state index < -0.39 is 0 Å². The third kappa shape index (κ3) is 3.13. The fourth-order valence-electron chi connectivity index (χ4n) is 2.09. The normalized spacial score (nSPS) is 22.1. The van der Waals surface area contributed by atoms with Crippen LogP contribution in [-0.2, 0) is 4.74 Å². The molecule has 0 spiro atoms. The highest BCUT2D eigenvalue weighted by atomic mass is 79.9. The Labute approximate surface area is 124 Å². The molecule has 2 atom stereocenters. The minimum atomic E-state index is -0.103. The first kappa shape index (κ1) is 13.4. The van der Waals surface area contributed by atoms with Crippen LogP contribution in [0.15, 0.2) is 21.4 Å². The molecule has 1 aliphatic rings. The predicted molar refractivity (Wildman–Crippen MR) is 74.1 cm³/mol. The molecule has 0 amide bonds. The summed E-state index contributed by atoms with van der Waals surface area (Å²) in [5, 5.41) is 6.94. The van der Waals surface area contributed by atoms with E-state index in [1.807, 2.05) is 0 Å². The maximum absolute atomic E-state index is 5.88. The number of aromatic nitrogens is 4. The van der Waals surface area contributed by atoms with Gasteiger partial charge in [0.25, 0.3) is 5.89 Å². The zero-order valence-corrected chi connectivity index (χ0v) is 12.5. The number of hydrogen-bond acceptors (Lipinski definition) is 7. The Kier molecular flexibility index (Phi) is 3.93. The lowest BCUT2D eigenvalue weighted by molar-refractivity contribution is 0.0326. The van der Waals surface area contributed by atoms with Crippen LogP contribution in [0.1, 0.15) is 30.7 Å². The smallest absolute Gasteiger partial charge is 0.255 e. The van der Waals surface area contributed by atoms with Crippen molar-refractivity contribution in [2.75, 3.05) is 11.9 Å². The van der Waals surface area contributed by atoms with Crippen molar-refractivity contribution in [2.45, 2.75) is 32.0 Å². The monoisotopic (exact) mass is 339 g/mol. The lowest BCUT2D eigenvalue weighted by Gasteiger charge is -2.12. The molecular formula is C12H14BrN5O2. The number of hydrogen-bond donors (Lipinski definition) is 1. The van der Waals surface area contributed by atoms with E-state index >= 15 is 0 Å². The summed E-state index contributed by atoms with van der Waals surface area (Å²) in [6, 6.07) is 0. The van der Waals surface area contributed by atoms with Crippen molar-refractivity contribution in [2.24, 2.45) is 0 Å². The lowest BCUT2D eigenvalue weighted by atomic mass is 10.2. The van der Waals surface area contributed by atoms with Crippen molar-refractivity contribution < 1.29 is 9.26 Å². The van der Waals surface area contributed by atoms with Crippen LogP contribution in [0.3, 0.4) is 0 Å². The van der Waals surface area contributed by atoms with E-state index in [-0.39, 0.29) is 12.2 Å². The number of aryl methyl sites for hydroxylation is 1. The average Bonchev–Trinajstić information content (AvgIpc) is 3.07. The molecule has 0 aliphatic carbocycles. The molecule has 3 heterocycles. The van der Waals surface area contributed by atoms with E-state index in [2.05, 4.69) is 41.4 Å². The molecule has 1 N–H and O–H groups in total. The molecule has 0 radical (unpaired) electrons. The summed E-state index contributed by atoms with van der Waals surface area (Å²) < 4.78 is 11.9. The first-order valence-corrected chi connectivity index (χ1v) is 7.17. The van der Waals surface area contributed by atoms with Gasteiger partial charge in [-0.05, 0) is 35.7 Å². The van der Waals surface area contributed by atoms with Crippen molar-refractivity contribution in [1.29, 1.82) is 0 Å². The van der Waals surface area contributed by atoms with Crippen LogP contribution >= 0.6 is 15.9 Å². The Bertz CT molecular complexity index is 573. The number of rotatable bonds is 4. The van der Waals surface area contributed by atoms with Crippen LogP contribution in [-0.4, -0.2) is 32.8 Å². The zero-order chi connectivity index (χ0) is 13.9. The van der Waals surface area contributed by atoms with E-state index in [1.54, 1.807) is 19.3 Å². The van der Waals surface area contributed by atoms with Crippen molar-refractivity contribution in [1.82, 2.24) is 20.1 Å². The number of nitrogens with zero attached hydrogens (tertiary/aromatic N) is 4. The zero-order valence-electron chi connectivity index (χ0n) is 10.9. The van der Waals surface area contributed by atoms with Gasteiger partial charge < -0.3 is 14.6 Å². The summed E-state index contributed by atoms with van der Waals surface area (Å²) in [4.78, 5) is 12.5. The fourth-order valence-corrected chi connectivity index (χ4v) is 2.29. The van der Waals surface area contributed by atoms with Crippen LogP contribution in [0.2, 0.25) is 0 Å². The van der Waals surface area contributed by atoms with E-state index in [0.717, 1.165) is 17.3 Å². The second kappa shape index (κ2) is 5.84. The highest BCUT2D eigenvalue weighted by Crippen LogP contribution is 2.31. The standard InChI is InChI=1S/C12H14BrN5O2/c1-7-17-11(20-18-7)10-3-2-9(19-10)6-16-12-14-4-8(13)5-15-12/h4-5,9-10H,2-3,6H2,1H3,(H,14,15,16)/t9-,10+/m1/s1. The van der Waals surface area contributed by atoms with E-state index in [1.165, 1.54) is 0 Å². The maximum atomic E-state index is 5.88. The summed E-state index contributed by atoms with van der Waals surface area (Å²) in [6.45, 7) is 2.46. The van der Waals surface area contributed by atoms with Gasteiger partial charge in [0.15, 0.2) is 5.82 Å². The highest BCUT2D eigenvalue weighted by Gasteiger charge is 2.30. The molecule has 2 aromatic rings. The highest BCUT2D eigenvalue weighted by molar-refractivity contribution is 9.10. The third-order valence-corrected chi connectivity index (χ3v) is 3.44. The molecule has 3 rings (SSSR count). The minimum Gasteiger partial charge on any atom is -0.363 e. The van der Waals surface area contributed by atoms with Gasteiger partial charge in [0.1, 0.15) is 6.10 Å². The van der Waals surface area contributed by atoms with Crippen LogP contribution in [0.5, 0.6) is 0 Å². The number of nitrogens with one attached hydrogen (secondary N) is 1. The third-order valence-electron chi connectivity index (χ3n) is 3.03.